The highest BCUT2D eigenvalue weighted by atomic mass is 79.9. The molecular weight excluding hydrogens is 424 g/mol. The molecule has 0 spiro atoms. The van der Waals surface area contributed by atoms with E-state index in [1.54, 1.807) is 0 Å². The highest BCUT2D eigenvalue weighted by Crippen LogP contribution is 2.39. The second kappa shape index (κ2) is 8.31. The number of benzene rings is 2. The second-order valence-electron chi connectivity index (χ2n) is 9.41. The number of rotatable bonds is 4. The molecule has 0 radical (unpaired) electrons. The van der Waals surface area contributed by atoms with E-state index in [1.165, 1.54) is 7.11 Å². The average molecular weight is 455 g/mol. The van der Waals surface area contributed by atoms with Crippen LogP contribution in [0.3, 0.4) is 0 Å². The summed E-state index contributed by atoms with van der Waals surface area (Å²) in [4.78, 5) is 12.3. The molecule has 154 valence electrons. The third-order valence-electron chi connectivity index (χ3n) is 5.11. The van der Waals surface area contributed by atoms with Gasteiger partial charge in [-0.25, -0.2) is 4.79 Å². The highest BCUT2D eigenvalue weighted by molar-refractivity contribution is 9.10. The van der Waals surface area contributed by atoms with Crippen molar-refractivity contribution in [3.8, 4) is 0 Å². The topological polar surface area (TPSA) is 26.3 Å². The molecule has 2 aromatic carbocycles. The van der Waals surface area contributed by atoms with Gasteiger partial charge in [-0.15, -0.1) is 0 Å². The molecule has 0 aliphatic heterocycles. The van der Waals surface area contributed by atoms with Crippen LogP contribution in [0.15, 0.2) is 54.0 Å². The number of hydrogen-bond acceptors (Lipinski definition) is 2. The molecule has 0 unspecified atom stereocenters. The summed E-state index contributed by atoms with van der Waals surface area (Å²) < 4.78 is 5.91. The van der Waals surface area contributed by atoms with E-state index in [1.807, 2.05) is 12.1 Å². The molecule has 2 rings (SSSR count). The van der Waals surface area contributed by atoms with Crippen LogP contribution in [-0.2, 0) is 10.2 Å². The van der Waals surface area contributed by atoms with Crippen LogP contribution in [0.25, 0.3) is 11.1 Å². The van der Waals surface area contributed by atoms with Gasteiger partial charge in [0.25, 0.3) is 0 Å². The fraction of sp³-hybridized carbons (Fsp3) is 0.346. The van der Waals surface area contributed by atoms with Gasteiger partial charge in [0.05, 0.1) is 12.7 Å². The molecule has 29 heavy (non-hydrogen) atoms. The molecule has 0 heterocycles. The van der Waals surface area contributed by atoms with Gasteiger partial charge in [0.15, 0.2) is 0 Å². The van der Waals surface area contributed by atoms with Gasteiger partial charge in [-0.1, -0.05) is 79.0 Å². The number of ether oxygens (including phenoxy) is 1. The number of carbonyl (C=O) groups excluding carboxylic acids is 1. The molecule has 2 aromatic rings. The number of methoxy groups -OCH3 is 1. The van der Waals surface area contributed by atoms with E-state index in [2.05, 4.69) is 94.9 Å². The number of esters is 1. The summed E-state index contributed by atoms with van der Waals surface area (Å²) in [5.74, 6) is -0.353. The van der Waals surface area contributed by atoms with Crippen LogP contribution in [0.1, 0.15) is 74.2 Å². The van der Waals surface area contributed by atoms with Gasteiger partial charge in [-0.05, 0) is 72.3 Å². The minimum atomic E-state index is -0.353. The van der Waals surface area contributed by atoms with Gasteiger partial charge in [0.2, 0.25) is 0 Å². The summed E-state index contributed by atoms with van der Waals surface area (Å²) in [6.45, 7) is 21.4. The van der Waals surface area contributed by atoms with Crippen molar-refractivity contribution in [3.63, 3.8) is 0 Å². The fourth-order valence-corrected chi connectivity index (χ4v) is 4.15. The van der Waals surface area contributed by atoms with Crippen LogP contribution < -0.4 is 0 Å². The standard InChI is InChI=1S/C26H31BrO2/c1-16(18-10-12-19(13-11-18)17(2)25(3,4)5)21-14-20(24(28)29-9)15-22(23(21)27)26(6,7)8/h10-15H,1-2H2,3-9H3. The van der Waals surface area contributed by atoms with Crippen molar-refractivity contribution < 1.29 is 9.53 Å². The Labute approximate surface area is 183 Å². The Morgan fingerprint density at radius 3 is 1.86 bits per heavy atom. The minimum Gasteiger partial charge on any atom is -0.465 e. The molecule has 0 saturated carbocycles. The van der Waals surface area contributed by atoms with Crippen molar-refractivity contribution in [3.05, 3.63) is 81.8 Å². The van der Waals surface area contributed by atoms with Gasteiger partial charge in [0.1, 0.15) is 0 Å². The lowest BCUT2D eigenvalue weighted by Crippen LogP contribution is -2.15. The van der Waals surface area contributed by atoms with Gasteiger partial charge in [-0.3, -0.25) is 0 Å². The summed E-state index contributed by atoms with van der Waals surface area (Å²) >= 11 is 3.76. The van der Waals surface area contributed by atoms with E-state index in [0.717, 1.165) is 37.9 Å². The first kappa shape index (κ1) is 23.2. The molecule has 0 N–H and O–H groups in total. The SMILES string of the molecule is C=C(c1ccc(C(=C)C(C)(C)C)cc1)c1cc(C(=O)OC)cc(C(C)(C)C)c1Br. The lowest BCUT2D eigenvalue weighted by atomic mass is 9.82. The molecule has 0 aliphatic rings. The van der Waals surface area contributed by atoms with Gasteiger partial charge in [-0.2, -0.15) is 0 Å². The quantitative estimate of drug-likeness (QED) is 0.443. The zero-order valence-electron chi connectivity index (χ0n) is 18.6. The van der Waals surface area contributed by atoms with E-state index in [-0.39, 0.29) is 16.8 Å². The molecule has 0 fully saturated rings. The molecule has 0 aromatic heterocycles. The van der Waals surface area contributed by atoms with Crippen molar-refractivity contribution in [2.45, 2.75) is 47.0 Å². The van der Waals surface area contributed by atoms with Crippen molar-refractivity contribution in [1.82, 2.24) is 0 Å². The first-order chi connectivity index (χ1) is 13.3. The molecular formula is C26H31BrO2. The molecule has 0 saturated heterocycles. The maximum Gasteiger partial charge on any atom is 0.337 e. The summed E-state index contributed by atoms with van der Waals surface area (Å²) in [6.07, 6.45) is 0. The Hall–Kier alpha value is -2.13. The van der Waals surface area contributed by atoms with Crippen LogP contribution in [0.4, 0.5) is 0 Å². The van der Waals surface area contributed by atoms with Gasteiger partial charge < -0.3 is 4.74 Å². The first-order valence-electron chi connectivity index (χ1n) is 9.69. The number of allylic oxidation sites excluding steroid dienone is 1. The normalized spacial score (nSPS) is 11.9. The van der Waals surface area contributed by atoms with E-state index in [4.69, 9.17) is 4.74 Å². The van der Waals surface area contributed by atoms with Crippen LogP contribution in [0, 0.1) is 5.41 Å². The number of carbonyl (C=O) groups is 1. The smallest absolute Gasteiger partial charge is 0.337 e. The third-order valence-corrected chi connectivity index (χ3v) is 5.97. The van der Waals surface area contributed by atoms with Crippen molar-refractivity contribution >= 4 is 33.0 Å². The zero-order chi connectivity index (χ0) is 22.1. The van der Waals surface area contributed by atoms with Crippen molar-refractivity contribution in [2.24, 2.45) is 5.41 Å². The molecule has 3 heteroatoms. The van der Waals surface area contributed by atoms with E-state index in [0.29, 0.717) is 5.56 Å². The highest BCUT2D eigenvalue weighted by Gasteiger charge is 2.24. The Bertz CT molecular complexity index is 952. The third kappa shape index (κ3) is 5.08. The predicted octanol–water partition coefficient (Wildman–Crippen LogP) is 7.65. The summed E-state index contributed by atoms with van der Waals surface area (Å²) in [7, 11) is 1.40. The monoisotopic (exact) mass is 454 g/mol. The van der Waals surface area contributed by atoms with Crippen LogP contribution in [0.2, 0.25) is 0 Å². The Morgan fingerprint density at radius 2 is 1.41 bits per heavy atom. The first-order valence-corrected chi connectivity index (χ1v) is 10.5. The number of hydrogen-bond donors (Lipinski definition) is 0. The Morgan fingerprint density at radius 1 is 0.897 bits per heavy atom. The molecule has 2 nitrogen and oxygen atoms in total. The summed E-state index contributed by atoms with van der Waals surface area (Å²) in [6, 6.07) is 12.0. The largest absolute Gasteiger partial charge is 0.465 e. The van der Waals surface area contributed by atoms with E-state index < -0.39 is 0 Å². The maximum absolute atomic E-state index is 12.3. The van der Waals surface area contributed by atoms with E-state index >= 15 is 0 Å². The van der Waals surface area contributed by atoms with Crippen LogP contribution >= 0.6 is 15.9 Å². The Balaban J connectivity index is 2.55. The molecule has 0 amide bonds. The lowest BCUT2D eigenvalue weighted by Gasteiger charge is -2.24. The minimum absolute atomic E-state index is 0.0119. The summed E-state index contributed by atoms with van der Waals surface area (Å²) in [5.41, 5.74) is 6.37. The van der Waals surface area contributed by atoms with Gasteiger partial charge in [0, 0.05) is 4.47 Å². The van der Waals surface area contributed by atoms with E-state index in [9.17, 15) is 4.79 Å². The molecule has 0 bridgehead atoms. The molecule has 0 aliphatic carbocycles. The lowest BCUT2D eigenvalue weighted by molar-refractivity contribution is 0.0600. The van der Waals surface area contributed by atoms with Crippen molar-refractivity contribution in [1.29, 1.82) is 0 Å². The second-order valence-corrected chi connectivity index (χ2v) is 10.2. The fourth-order valence-electron chi connectivity index (χ4n) is 3.09. The zero-order valence-corrected chi connectivity index (χ0v) is 20.2. The summed E-state index contributed by atoms with van der Waals surface area (Å²) in [5, 5.41) is 0. The maximum atomic E-state index is 12.3. The van der Waals surface area contributed by atoms with Crippen LogP contribution in [-0.4, -0.2) is 13.1 Å². The van der Waals surface area contributed by atoms with Gasteiger partial charge >= 0.3 is 5.97 Å². The predicted molar refractivity (Wildman–Crippen MR) is 127 cm³/mol. The molecule has 0 atom stereocenters. The van der Waals surface area contributed by atoms with Crippen molar-refractivity contribution in [2.75, 3.05) is 7.11 Å². The Kier molecular flexibility index (Phi) is 6.64. The van der Waals surface area contributed by atoms with Crippen LogP contribution in [0.5, 0.6) is 0 Å². The number of halogens is 1. The average Bonchev–Trinajstić information content (AvgIpc) is 2.64.